The van der Waals surface area contributed by atoms with E-state index < -0.39 is 35.0 Å². The van der Waals surface area contributed by atoms with Gasteiger partial charge in [-0.05, 0) is 12.1 Å². The fourth-order valence-electron chi connectivity index (χ4n) is 2.33. The Bertz CT molecular complexity index is 1110. The summed E-state index contributed by atoms with van der Waals surface area (Å²) in [5, 5.41) is 1.40. The standard InChI is InChI=1S/C15H12F4N4O3S2/c1-26-13-7(4-11(16)17)5-20-15(22-13)23-28(24,25)10-6-27-14-8(10)2-3-9(21-14)12(18)19/h2-3,5-6,11-12H,4H2,1H3,(H,20,22,23). The molecule has 0 atom stereocenters. The van der Waals surface area contributed by atoms with E-state index in [4.69, 9.17) is 4.74 Å². The molecule has 7 nitrogen and oxygen atoms in total. The fraction of sp³-hybridized carbons (Fsp3) is 0.267. The van der Waals surface area contributed by atoms with Crippen LogP contribution in [0.15, 0.2) is 28.6 Å². The molecular formula is C15H12F4N4O3S2. The van der Waals surface area contributed by atoms with E-state index in [2.05, 4.69) is 19.7 Å². The number of nitrogens with one attached hydrogen (secondary N) is 1. The topological polar surface area (TPSA) is 94.1 Å². The molecule has 150 valence electrons. The second-order valence-corrected chi connectivity index (χ2v) is 7.93. The second kappa shape index (κ2) is 7.83. The van der Waals surface area contributed by atoms with Gasteiger partial charge in [-0.15, -0.1) is 11.3 Å². The van der Waals surface area contributed by atoms with Crippen molar-refractivity contribution >= 4 is 37.5 Å². The maximum Gasteiger partial charge on any atom is 0.280 e. The van der Waals surface area contributed by atoms with Crippen LogP contribution in [-0.2, 0) is 16.4 Å². The number of nitrogens with zero attached hydrogens (tertiary/aromatic N) is 3. The number of hydrogen-bond donors (Lipinski definition) is 1. The van der Waals surface area contributed by atoms with Crippen LogP contribution in [0, 0.1) is 0 Å². The molecule has 28 heavy (non-hydrogen) atoms. The first kappa shape index (κ1) is 20.2. The highest BCUT2D eigenvalue weighted by Crippen LogP contribution is 2.31. The minimum atomic E-state index is -4.19. The smallest absolute Gasteiger partial charge is 0.280 e. The summed E-state index contributed by atoms with van der Waals surface area (Å²) in [6.45, 7) is 0. The Morgan fingerprint density at radius 1 is 1.21 bits per heavy atom. The summed E-state index contributed by atoms with van der Waals surface area (Å²) in [6.07, 6.45) is -5.04. The third kappa shape index (κ3) is 4.14. The van der Waals surface area contributed by atoms with Crippen molar-refractivity contribution in [1.29, 1.82) is 0 Å². The number of halogens is 4. The van der Waals surface area contributed by atoms with E-state index in [1.807, 2.05) is 0 Å². The van der Waals surface area contributed by atoms with Gasteiger partial charge in [0.15, 0.2) is 0 Å². The summed E-state index contributed by atoms with van der Waals surface area (Å²) in [5.74, 6) is -0.571. The lowest BCUT2D eigenvalue weighted by molar-refractivity contribution is 0.146. The molecule has 0 saturated carbocycles. The van der Waals surface area contributed by atoms with Crippen molar-refractivity contribution in [2.24, 2.45) is 0 Å². The first-order valence-electron chi connectivity index (χ1n) is 7.58. The quantitative estimate of drug-likeness (QED) is 0.569. The Kier molecular flexibility index (Phi) is 5.65. The number of sulfonamides is 1. The summed E-state index contributed by atoms with van der Waals surface area (Å²) >= 11 is 0.887. The largest absolute Gasteiger partial charge is 0.481 e. The zero-order valence-electron chi connectivity index (χ0n) is 14.1. The molecular weight excluding hydrogens is 424 g/mol. The van der Waals surface area contributed by atoms with Crippen molar-refractivity contribution < 1.29 is 30.7 Å². The Labute approximate surface area is 160 Å². The number of aromatic nitrogens is 3. The Morgan fingerprint density at radius 2 is 1.96 bits per heavy atom. The van der Waals surface area contributed by atoms with Gasteiger partial charge < -0.3 is 4.74 Å². The lowest BCUT2D eigenvalue weighted by Gasteiger charge is -2.10. The van der Waals surface area contributed by atoms with Crippen LogP contribution in [-0.4, -0.2) is 36.9 Å². The number of alkyl halides is 4. The number of rotatable bonds is 7. The van der Waals surface area contributed by atoms with Crippen molar-refractivity contribution in [2.45, 2.75) is 24.2 Å². The summed E-state index contributed by atoms with van der Waals surface area (Å²) in [7, 11) is -2.98. The minimum Gasteiger partial charge on any atom is -0.481 e. The van der Waals surface area contributed by atoms with Crippen molar-refractivity contribution in [3.05, 3.63) is 35.0 Å². The van der Waals surface area contributed by atoms with Crippen LogP contribution in [0.4, 0.5) is 23.5 Å². The van der Waals surface area contributed by atoms with Gasteiger partial charge in [-0.3, -0.25) is 0 Å². The Morgan fingerprint density at radius 3 is 2.61 bits per heavy atom. The van der Waals surface area contributed by atoms with Crippen LogP contribution < -0.4 is 9.46 Å². The highest BCUT2D eigenvalue weighted by Gasteiger charge is 2.23. The molecule has 0 aliphatic heterocycles. The first-order chi connectivity index (χ1) is 13.2. The van der Waals surface area contributed by atoms with Gasteiger partial charge in [-0.25, -0.2) is 40.7 Å². The van der Waals surface area contributed by atoms with Gasteiger partial charge in [-0.2, -0.15) is 4.98 Å². The van der Waals surface area contributed by atoms with Crippen molar-refractivity contribution in [1.82, 2.24) is 15.0 Å². The van der Waals surface area contributed by atoms with Crippen LogP contribution in [0.1, 0.15) is 17.7 Å². The maximum atomic E-state index is 12.7. The number of ether oxygens (including phenoxy) is 1. The van der Waals surface area contributed by atoms with Crippen LogP contribution >= 0.6 is 11.3 Å². The molecule has 0 aliphatic carbocycles. The van der Waals surface area contributed by atoms with Gasteiger partial charge in [0, 0.05) is 28.9 Å². The van der Waals surface area contributed by atoms with Gasteiger partial charge in [-0.1, -0.05) is 0 Å². The van der Waals surface area contributed by atoms with Crippen LogP contribution in [0.25, 0.3) is 10.2 Å². The average molecular weight is 436 g/mol. The molecule has 0 bridgehead atoms. The number of fused-ring (bicyclic) bond motifs is 1. The van der Waals surface area contributed by atoms with Gasteiger partial charge in [0.1, 0.15) is 15.4 Å². The van der Waals surface area contributed by atoms with E-state index in [0.29, 0.717) is 0 Å². The van der Waals surface area contributed by atoms with E-state index in [0.717, 1.165) is 23.6 Å². The molecule has 0 radical (unpaired) electrons. The van der Waals surface area contributed by atoms with Gasteiger partial charge in [0.05, 0.1) is 7.11 Å². The summed E-state index contributed by atoms with van der Waals surface area (Å²) in [6, 6.07) is 2.28. The van der Waals surface area contributed by atoms with Crippen LogP contribution in [0.5, 0.6) is 5.88 Å². The Balaban J connectivity index is 1.93. The minimum absolute atomic E-state index is 0.0187. The molecule has 3 heterocycles. The molecule has 0 unspecified atom stereocenters. The second-order valence-electron chi connectivity index (χ2n) is 5.42. The van der Waals surface area contributed by atoms with Crippen LogP contribution in [0.3, 0.4) is 0 Å². The van der Waals surface area contributed by atoms with E-state index in [9.17, 15) is 26.0 Å². The maximum absolute atomic E-state index is 12.7. The third-order valence-corrected chi connectivity index (χ3v) is 5.96. The number of anilines is 1. The number of methoxy groups -OCH3 is 1. The predicted octanol–water partition coefficient (Wildman–Crippen LogP) is 3.64. The molecule has 0 spiro atoms. The van der Waals surface area contributed by atoms with E-state index >= 15 is 0 Å². The average Bonchev–Trinajstić information content (AvgIpc) is 3.06. The predicted molar refractivity (Wildman–Crippen MR) is 93.7 cm³/mol. The number of hydrogen-bond acceptors (Lipinski definition) is 7. The molecule has 0 aromatic carbocycles. The highest BCUT2D eigenvalue weighted by atomic mass is 32.2. The molecule has 0 fully saturated rings. The van der Waals surface area contributed by atoms with E-state index in [-0.39, 0.29) is 32.5 Å². The van der Waals surface area contributed by atoms with Gasteiger partial charge in [0.2, 0.25) is 18.3 Å². The highest BCUT2D eigenvalue weighted by molar-refractivity contribution is 7.93. The summed E-state index contributed by atoms with van der Waals surface area (Å²) < 4.78 is 82.9. The molecule has 0 amide bonds. The SMILES string of the molecule is COc1nc(NS(=O)(=O)c2csc3nc(C(F)F)ccc23)ncc1CC(F)F. The molecule has 3 aromatic rings. The van der Waals surface area contributed by atoms with Gasteiger partial charge in [0.25, 0.3) is 16.4 Å². The Hall–Kier alpha value is -2.54. The third-order valence-electron chi connectivity index (χ3n) is 3.56. The monoisotopic (exact) mass is 436 g/mol. The molecule has 13 heteroatoms. The van der Waals surface area contributed by atoms with Crippen molar-refractivity contribution in [2.75, 3.05) is 11.8 Å². The molecule has 0 aliphatic rings. The lowest BCUT2D eigenvalue weighted by atomic mass is 10.2. The van der Waals surface area contributed by atoms with Crippen molar-refractivity contribution in [3.63, 3.8) is 0 Å². The summed E-state index contributed by atoms with van der Waals surface area (Å²) in [4.78, 5) is 11.2. The lowest BCUT2D eigenvalue weighted by Crippen LogP contribution is -2.15. The zero-order chi connectivity index (χ0) is 20.5. The van der Waals surface area contributed by atoms with E-state index in [1.165, 1.54) is 18.6 Å². The van der Waals surface area contributed by atoms with E-state index in [1.54, 1.807) is 0 Å². The fourth-order valence-corrected chi connectivity index (χ4v) is 4.76. The van der Waals surface area contributed by atoms with Crippen LogP contribution in [0.2, 0.25) is 0 Å². The molecule has 0 saturated heterocycles. The number of pyridine rings is 1. The first-order valence-corrected chi connectivity index (χ1v) is 9.94. The van der Waals surface area contributed by atoms with Crippen molar-refractivity contribution in [3.8, 4) is 5.88 Å². The summed E-state index contributed by atoms with van der Waals surface area (Å²) in [5.41, 5.74) is -0.445. The normalized spacial score (nSPS) is 12.1. The molecule has 3 rings (SSSR count). The van der Waals surface area contributed by atoms with Gasteiger partial charge >= 0.3 is 0 Å². The zero-order valence-corrected chi connectivity index (χ0v) is 15.7. The molecule has 3 aromatic heterocycles. The number of thiophene rings is 1. The molecule has 1 N–H and O–H groups in total.